The van der Waals surface area contributed by atoms with E-state index in [2.05, 4.69) is 0 Å². The van der Waals surface area contributed by atoms with Gasteiger partial charge in [0, 0.05) is 0 Å². The van der Waals surface area contributed by atoms with E-state index >= 15 is 0 Å². The highest BCUT2D eigenvalue weighted by Crippen LogP contribution is 2.49. The summed E-state index contributed by atoms with van der Waals surface area (Å²) in [6, 6.07) is 0. The maximum absolute atomic E-state index is 1.62. The normalized spacial score (nSPS) is 28.9. The zero-order valence-electron chi connectivity index (χ0n) is 13.0. The Bertz CT molecular complexity index is 202. The lowest BCUT2D eigenvalue weighted by atomic mass is 9.24. The van der Waals surface area contributed by atoms with Gasteiger partial charge in [-0.15, -0.1) is 0 Å². The van der Waals surface area contributed by atoms with Gasteiger partial charge in [0.2, 0.25) is 0 Å². The summed E-state index contributed by atoms with van der Waals surface area (Å²) >= 11 is 0. The van der Waals surface area contributed by atoms with Gasteiger partial charge in [-0.3, -0.25) is 0 Å². The van der Waals surface area contributed by atoms with Crippen LogP contribution in [0.25, 0.3) is 0 Å². The van der Waals surface area contributed by atoms with Crippen LogP contribution < -0.4 is 0 Å². The second kappa shape index (κ2) is 7.18. The highest BCUT2D eigenvalue weighted by atomic mass is 14.3. The predicted octanol–water partition coefficient (Wildman–Crippen LogP) is 6.22. The van der Waals surface area contributed by atoms with Crippen LogP contribution in [0.15, 0.2) is 0 Å². The summed E-state index contributed by atoms with van der Waals surface area (Å²) in [5.74, 6) is 3.62. The van der Waals surface area contributed by atoms with Crippen molar-refractivity contribution in [2.24, 2.45) is 0 Å². The Morgan fingerprint density at radius 3 is 0.895 bits per heavy atom. The van der Waals surface area contributed by atoms with Crippen molar-refractivity contribution < 1.29 is 0 Å². The molecule has 0 heterocycles. The third kappa shape index (κ3) is 3.58. The molecule has 0 amide bonds. The Morgan fingerprint density at radius 2 is 0.632 bits per heavy atom. The van der Waals surface area contributed by atoms with Gasteiger partial charge in [-0.2, -0.15) is 17.5 Å². The molecule has 0 N–H and O–H groups in total. The molecule has 0 saturated heterocycles. The first-order chi connectivity index (χ1) is 9.45. The van der Waals surface area contributed by atoms with Crippen LogP contribution in [0, 0.1) is 0 Å². The molecular weight excluding hydrogens is 227 g/mol. The SMILES string of the molecule is C1CCC([BH-](C2CCCCC2)C2CCCCC2)CC1. The minimum Gasteiger partial charge on any atom is -0.169 e. The molecule has 0 bridgehead atoms. The lowest BCUT2D eigenvalue weighted by Crippen LogP contribution is -2.35. The van der Waals surface area contributed by atoms with Crippen molar-refractivity contribution in [3.8, 4) is 0 Å². The van der Waals surface area contributed by atoms with E-state index in [9.17, 15) is 0 Å². The summed E-state index contributed by atoms with van der Waals surface area (Å²) in [4.78, 5) is 0. The molecule has 1 heteroatoms. The van der Waals surface area contributed by atoms with E-state index in [-0.39, 0.29) is 6.71 Å². The molecule has 3 rings (SSSR count). The number of hydrogen-bond donors (Lipinski definition) is 0. The lowest BCUT2D eigenvalue weighted by molar-refractivity contribution is 0.429. The highest BCUT2D eigenvalue weighted by molar-refractivity contribution is 6.63. The summed E-state index contributed by atoms with van der Waals surface area (Å²) in [6.45, 7) is 0.169. The van der Waals surface area contributed by atoms with Crippen LogP contribution in [0.2, 0.25) is 17.5 Å². The van der Waals surface area contributed by atoms with Crippen LogP contribution in [-0.2, 0) is 0 Å². The van der Waals surface area contributed by atoms with Crippen molar-refractivity contribution in [2.45, 2.75) is 114 Å². The molecule has 0 aliphatic heterocycles. The fraction of sp³-hybridized carbons (Fsp3) is 1.00. The van der Waals surface area contributed by atoms with Gasteiger partial charge < -0.3 is 0 Å². The summed E-state index contributed by atoms with van der Waals surface area (Å²) in [5.41, 5.74) is 0. The Morgan fingerprint density at radius 1 is 0.368 bits per heavy atom. The Labute approximate surface area is 121 Å². The Balaban J connectivity index is 1.68. The van der Waals surface area contributed by atoms with E-state index in [1.807, 2.05) is 0 Å². The van der Waals surface area contributed by atoms with Gasteiger partial charge in [0.05, 0.1) is 0 Å². The van der Waals surface area contributed by atoms with Gasteiger partial charge >= 0.3 is 0 Å². The quantitative estimate of drug-likeness (QED) is 0.529. The third-order valence-electron chi connectivity index (χ3n) is 7.17. The van der Waals surface area contributed by atoms with E-state index in [4.69, 9.17) is 0 Å². The minimum absolute atomic E-state index is 0.169. The smallest absolute Gasteiger partial charge is 0.00662 e. The largest absolute Gasteiger partial charge is 0.169 e. The first kappa shape index (κ1) is 14.0. The average Bonchev–Trinajstić information content (AvgIpc) is 2.51. The lowest BCUT2D eigenvalue weighted by Gasteiger charge is -2.49. The van der Waals surface area contributed by atoms with Gasteiger partial charge in [0.1, 0.15) is 0 Å². The van der Waals surface area contributed by atoms with E-state index in [0.717, 1.165) is 0 Å². The molecule has 110 valence electrons. The van der Waals surface area contributed by atoms with Crippen LogP contribution in [0.3, 0.4) is 0 Å². The van der Waals surface area contributed by atoms with E-state index in [0.29, 0.717) is 0 Å². The minimum atomic E-state index is 0.169. The molecule has 0 spiro atoms. The fourth-order valence-electron chi connectivity index (χ4n) is 6.39. The molecular formula is C18H34B-. The molecule has 3 aliphatic carbocycles. The van der Waals surface area contributed by atoms with Crippen molar-refractivity contribution >= 4 is 6.71 Å². The summed E-state index contributed by atoms with van der Waals surface area (Å²) in [6.07, 6.45) is 23.7. The van der Waals surface area contributed by atoms with Crippen molar-refractivity contribution in [3.05, 3.63) is 0 Å². The van der Waals surface area contributed by atoms with Gasteiger partial charge in [-0.25, -0.2) is 0 Å². The standard InChI is InChI=1S/C18H34B/c1-4-10-16(11-5-1)19(17-12-6-2-7-13-17)18-14-8-3-9-15-18/h16-19H,1-15H2/q-1. The second-order valence-corrected chi connectivity index (χ2v) is 8.22. The predicted molar refractivity (Wildman–Crippen MR) is 87.7 cm³/mol. The van der Waals surface area contributed by atoms with Crippen LogP contribution in [0.5, 0.6) is 0 Å². The molecule has 0 aromatic rings. The number of hydrogen-bond acceptors (Lipinski definition) is 0. The molecule has 0 radical (unpaired) electrons. The Hall–Kier alpha value is 0.0649. The molecule has 0 aromatic heterocycles. The third-order valence-corrected chi connectivity index (χ3v) is 7.17. The molecule has 0 unspecified atom stereocenters. The van der Waals surface area contributed by atoms with Gasteiger partial charge in [0.15, 0.2) is 0 Å². The van der Waals surface area contributed by atoms with Gasteiger partial charge in [0.25, 0.3) is 0 Å². The summed E-state index contributed by atoms with van der Waals surface area (Å²) in [7, 11) is 0. The molecule has 3 fully saturated rings. The van der Waals surface area contributed by atoms with Gasteiger partial charge in [-0.05, 0) is 6.71 Å². The van der Waals surface area contributed by atoms with Crippen molar-refractivity contribution in [3.63, 3.8) is 0 Å². The van der Waals surface area contributed by atoms with E-state index < -0.39 is 0 Å². The van der Waals surface area contributed by atoms with Gasteiger partial charge in [-0.1, -0.05) is 96.3 Å². The zero-order valence-corrected chi connectivity index (χ0v) is 13.0. The first-order valence-corrected chi connectivity index (χ1v) is 9.67. The van der Waals surface area contributed by atoms with Crippen molar-refractivity contribution in [2.75, 3.05) is 0 Å². The van der Waals surface area contributed by atoms with Crippen LogP contribution >= 0.6 is 0 Å². The van der Waals surface area contributed by atoms with E-state index in [1.165, 1.54) is 36.7 Å². The molecule has 19 heavy (non-hydrogen) atoms. The van der Waals surface area contributed by atoms with Crippen molar-refractivity contribution in [1.29, 1.82) is 0 Å². The Kier molecular flexibility index (Phi) is 5.30. The van der Waals surface area contributed by atoms with E-state index in [1.54, 1.807) is 77.0 Å². The maximum atomic E-state index is 1.62. The molecule has 0 aromatic carbocycles. The summed E-state index contributed by atoms with van der Waals surface area (Å²) in [5, 5.41) is 0. The maximum Gasteiger partial charge on any atom is -0.00662 e. The van der Waals surface area contributed by atoms with Crippen LogP contribution in [0.4, 0.5) is 0 Å². The summed E-state index contributed by atoms with van der Waals surface area (Å²) < 4.78 is 0. The average molecular weight is 261 g/mol. The zero-order chi connectivity index (χ0) is 12.9. The monoisotopic (exact) mass is 261 g/mol. The van der Waals surface area contributed by atoms with Crippen LogP contribution in [-0.4, -0.2) is 6.71 Å². The first-order valence-electron chi connectivity index (χ1n) is 9.67. The van der Waals surface area contributed by atoms with Crippen LogP contribution in [0.1, 0.15) is 96.3 Å². The molecule has 0 atom stereocenters. The molecule has 3 saturated carbocycles. The molecule has 0 nitrogen and oxygen atoms in total. The second-order valence-electron chi connectivity index (χ2n) is 8.22. The topological polar surface area (TPSA) is 0 Å². The highest BCUT2D eigenvalue weighted by Gasteiger charge is 2.31. The van der Waals surface area contributed by atoms with Crippen molar-refractivity contribution in [1.82, 2.24) is 0 Å². The molecule has 3 aliphatic rings. The fourth-order valence-corrected chi connectivity index (χ4v) is 6.39. The number of rotatable bonds is 3.